The highest BCUT2D eigenvalue weighted by atomic mass is 35.5. The van der Waals surface area contributed by atoms with Gasteiger partial charge >= 0.3 is 0 Å². The molecule has 0 aliphatic carbocycles. The second-order valence-corrected chi connectivity index (χ2v) is 9.34. The van der Waals surface area contributed by atoms with E-state index in [1.807, 2.05) is 20.8 Å². The topological polar surface area (TPSA) is 77.1 Å². The van der Waals surface area contributed by atoms with E-state index in [1.165, 1.54) is 19.1 Å². The Morgan fingerprint density at radius 3 is 2.06 bits per heavy atom. The molecule has 0 unspecified atom stereocenters. The largest absolute Gasteiger partial charge is 0.496 e. The van der Waals surface area contributed by atoms with Gasteiger partial charge in [-0.25, -0.2) is 0 Å². The zero-order valence-electron chi connectivity index (χ0n) is 19.7. The van der Waals surface area contributed by atoms with Gasteiger partial charge in [0.05, 0.1) is 24.3 Å². The highest BCUT2D eigenvalue weighted by Crippen LogP contribution is 2.28. The molecule has 0 spiro atoms. The Morgan fingerprint density at radius 2 is 1.55 bits per heavy atom. The lowest BCUT2D eigenvalue weighted by Gasteiger charge is -2.31. The first-order valence-corrected chi connectivity index (χ1v) is 11.1. The van der Waals surface area contributed by atoms with Crippen LogP contribution in [0.4, 0.5) is 0 Å². The minimum absolute atomic E-state index is 0.152. The third-order valence-corrected chi connectivity index (χ3v) is 5.43. The van der Waals surface area contributed by atoms with Gasteiger partial charge in [-0.15, -0.1) is 0 Å². The van der Waals surface area contributed by atoms with Crippen molar-refractivity contribution in [3.8, 4) is 17.2 Å². The van der Waals surface area contributed by atoms with Crippen LogP contribution in [-0.2, 0) is 16.1 Å². The molecule has 1 N–H and O–H groups in total. The maximum Gasteiger partial charge on any atom is 0.261 e. The van der Waals surface area contributed by atoms with Crippen LogP contribution in [0.2, 0.25) is 10.0 Å². The van der Waals surface area contributed by atoms with E-state index in [0.29, 0.717) is 27.3 Å². The molecular weight excluding hydrogens is 467 g/mol. The number of nitrogens with zero attached hydrogens (tertiary/aromatic N) is 1. The van der Waals surface area contributed by atoms with Crippen LogP contribution in [0.3, 0.4) is 0 Å². The van der Waals surface area contributed by atoms with Crippen LogP contribution in [0.15, 0.2) is 36.4 Å². The molecule has 0 fully saturated rings. The van der Waals surface area contributed by atoms with Gasteiger partial charge in [-0.3, -0.25) is 9.59 Å². The van der Waals surface area contributed by atoms with Crippen LogP contribution >= 0.6 is 23.2 Å². The molecule has 33 heavy (non-hydrogen) atoms. The molecule has 180 valence electrons. The van der Waals surface area contributed by atoms with Crippen LogP contribution < -0.4 is 19.5 Å². The molecule has 2 amide bonds. The molecule has 0 aliphatic rings. The molecule has 0 aliphatic heterocycles. The summed E-state index contributed by atoms with van der Waals surface area (Å²) in [5.41, 5.74) is 0.285. The lowest BCUT2D eigenvalue weighted by atomic mass is 10.1. The Bertz CT molecular complexity index is 969. The number of rotatable bonds is 9. The molecule has 2 aromatic rings. The summed E-state index contributed by atoms with van der Waals surface area (Å²) in [5, 5.41) is 3.69. The molecule has 0 aromatic heterocycles. The first-order chi connectivity index (χ1) is 15.4. The molecule has 0 saturated carbocycles. The summed E-state index contributed by atoms with van der Waals surface area (Å²) in [4.78, 5) is 27.5. The molecule has 1 atom stereocenters. The molecule has 7 nitrogen and oxygen atoms in total. The first-order valence-electron chi connectivity index (χ1n) is 10.3. The van der Waals surface area contributed by atoms with E-state index in [4.69, 9.17) is 37.4 Å². The third-order valence-electron chi connectivity index (χ3n) is 4.69. The van der Waals surface area contributed by atoms with Crippen molar-refractivity contribution < 1.29 is 23.8 Å². The Balaban J connectivity index is 2.24. The van der Waals surface area contributed by atoms with E-state index in [2.05, 4.69) is 5.32 Å². The second kappa shape index (κ2) is 11.5. The van der Waals surface area contributed by atoms with E-state index >= 15 is 0 Å². The smallest absolute Gasteiger partial charge is 0.261 e. The zero-order valence-corrected chi connectivity index (χ0v) is 21.2. The van der Waals surface area contributed by atoms with Gasteiger partial charge in [0.15, 0.2) is 6.61 Å². The van der Waals surface area contributed by atoms with Crippen LogP contribution in [-0.4, -0.2) is 49.1 Å². The normalized spacial score (nSPS) is 12.0. The fourth-order valence-corrected chi connectivity index (χ4v) is 3.30. The molecule has 0 bridgehead atoms. The van der Waals surface area contributed by atoms with E-state index in [1.54, 1.807) is 43.3 Å². The number of amides is 2. The fourth-order valence-electron chi connectivity index (χ4n) is 2.98. The van der Waals surface area contributed by atoms with Gasteiger partial charge in [0.2, 0.25) is 5.91 Å². The van der Waals surface area contributed by atoms with Crippen molar-refractivity contribution in [3.63, 3.8) is 0 Å². The second-order valence-electron chi connectivity index (χ2n) is 8.52. The SMILES string of the molecule is COc1cc(OC)cc(OCC(=O)N(Cc2ccc(Cl)c(Cl)c2)[C@@H](C)C(=O)NC(C)(C)C)c1. The van der Waals surface area contributed by atoms with Crippen molar-refractivity contribution in [2.75, 3.05) is 20.8 Å². The number of carbonyl (C=O) groups excluding carboxylic acids is 2. The van der Waals surface area contributed by atoms with Crippen LogP contribution in [0, 0.1) is 0 Å². The van der Waals surface area contributed by atoms with E-state index in [-0.39, 0.29) is 25.0 Å². The van der Waals surface area contributed by atoms with E-state index in [9.17, 15) is 9.59 Å². The summed E-state index contributed by atoms with van der Waals surface area (Å²) in [5.74, 6) is 0.809. The van der Waals surface area contributed by atoms with E-state index in [0.717, 1.165) is 5.56 Å². The summed E-state index contributed by atoms with van der Waals surface area (Å²) in [6.07, 6.45) is 0. The highest BCUT2D eigenvalue weighted by molar-refractivity contribution is 6.42. The number of hydrogen-bond donors (Lipinski definition) is 1. The number of benzene rings is 2. The number of hydrogen-bond acceptors (Lipinski definition) is 5. The Hall–Kier alpha value is -2.64. The minimum atomic E-state index is -0.755. The van der Waals surface area contributed by atoms with Crippen LogP contribution in [0.5, 0.6) is 17.2 Å². The van der Waals surface area contributed by atoms with Gasteiger partial charge in [-0.1, -0.05) is 29.3 Å². The Morgan fingerprint density at radius 1 is 0.970 bits per heavy atom. The van der Waals surface area contributed by atoms with Crippen molar-refractivity contribution in [3.05, 3.63) is 52.0 Å². The van der Waals surface area contributed by atoms with Crippen molar-refractivity contribution >= 4 is 35.0 Å². The van der Waals surface area contributed by atoms with Crippen molar-refractivity contribution in [1.82, 2.24) is 10.2 Å². The maximum absolute atomic E-state index is 13.2. The zero-order chi connectivity index (χ0) is 24.8. The fraction of sp³-hybridized carbons (Fsp3) is 0.417. The lowest BCUT2D eigenvalue weighted by Crippen LogP contribution is -2.53. The maximum atomic E-state index is 13.2. The molecular formula is C24H30Cl2N2O5. The van der Waals surface area contributed by atoms with Gasteiger partial charge in [-0.05, 0) is 45.4 Å². The summed E-state index contributed by atoms with van der Waals surface area (Å²) < 4.78 is 16.2. The van der Waals surface area contributed by atoms with Gasteiger partial charge in [0.25, 0.3) is 5.91 Å². The standard InChI is InChI=1S/C24H30Cl2N2O5/c1-15(23(30)27-24(2,3)4)28(13-16-7-8-20(25)21(26)9-16)22(29)14-33-19-11-17(31-5)10-18(12-19)32-6/h7-12,15H,13-14H2,1-6H3,(H,27,30)/t15-/m0/s1. The number of nitrogens with one attached hydrogen (secondary N) is 1. The molecule has 0 saturated heterocycles. The summed E-state index contributed by atoms with van der Waals surface area (Å²) in [6.45, 7) is 7.17. The molecule has 2 aromatic carbocycles. The average Bonchev–Trinajstić information content (AvgIpc) is 2.76. The number of ether oxygens (including phenoxy) is 3. The summed E-state index contributed by atoms with van der Waals surface area (Å²) >= 11 is 12.2. The predicted octanol–water partition coefficient (Wildman–Crippen LogP) is 4.72. The van der Waals surface area contributed by atoms with Crippen molar-refractivity contribution in [1.29, 1.82) is 0 Å². The number of halogens is 2. The van der Waals surface area contributed by atoms with Crippen LogP contribution in [0.25, 0.3) is 0 Å². The van der Waals surface area contributed by atoms with Gasteiger partial charge in [0, 0.05) is 30.3 Å². The predicted molar refractivity (Wildman–Crippen MR) is 129 cm³/mol. The average molecular weight is 497 g/mol. The first kappa shape index (κ1) is 26.6. The minimum Gasteiger partial charge on any atom is -0.496 e. The number of methoxy groups -OCH3 is 2. The van der Waals surface area contributed by atoms with Gasteiger partial charge < -0.3 is 24.4 Å². The quantitative estimate of drug-likeness (QED) is 0.543. The monoisotopic (exact) mass is 496 g/mol. The van der Waals surface area contributed by atoms with Gasteiger partial charge in [-0.2, -0.15) is 0 Å². The Labute approximate surface area is 204 Å². The van der Waals surface area contributed by atoms with E-state index < -0.39 is 11.6 Å². The lowest BCUT2D eigenvalue weighted by molar-refractivity contribution is -0.142. The molecule has 0 radical (unpaired) electrons. The van der Waals surface area contributed by atoms with Crippen LogP contribution in [0.1, 0.15) is 33.3 Å². The Kier molecular flexibility index (Phi) is 9.25. The number of carbonyl (C=O) groups is 2. The van der Waals surface area contributed by atoms with Gasteiger partial charge in [0.1, 0.15) is 23.3 Å². The van der Waals surface area contributed by atoms with Crippen molar-refractivity contribution in [2.24, 2.45) is 0 Å². The third kappa shape index (κ3) is 8.02. The molecule has 9 heteroatoms. The summed E-state index contributed by atoms with van der Waals surface area (Å²) in [6, 6.07) is 9.33. The molecule has 2 rings (SSSR count). The summed E-state index contributed by atoms with van der Waals surface area (Å²) in [7, 11) is 3.05. The van der Waals surface area contributed by atoms with Crippen molar-refractivity contribution in [2.45, 2.75) is 45.8 Å². The highest BCUT2D eigenvalue weighted by Gasteiger charge is 2.29. The molecule has 0 heterocycles.